The fourth-order valence-corrected chi connectivity index (χ4v) is 3.73. The largest absolute Gasteiger partial charge is 0.333 e. The minimum absolute atomic E-state index is 0.239. The Hall–Kier alpha value is -1.44. The lowest BCUT2D eigenvalue weighted by molar-refractivity contribution is 0.252. The number of halogens is 1. The number of fused-ring (bicyclic) bond motifs is 1. The Morgan fingerprint density at radius 2 is 2.25 bits per heavy atom. The van der Waals surface area contributed by atoms with Crippen molar-refractivity contribution in [1.82, 2.24) is 10.3 Å². The van der Waals surface area contributed by atoms with E-state index in [0.717, 1.165) is 19.6 Å². The van der Waals surface area contributed by atoms with Gasteiger partial charge in [-0.25, -0.2) is 9.78 Å². The maximum Gasteiger partial charge on any atom is 0.321 e. The van der Waals surface area contributed by atoms with E-state index in [0.29, 0.717) is 11.7 Å². The summed E-state index contributed by atoms with van der Waals surface area (Å²) < 4.78 is 2.04. The number of urea groups is 1. The van der Waals surface area contributed by atoms with Crippen LogP contribution in [0.3, 0.4) is 0 Å². The summed E-state index contributed by atoms with van der Waals surface area (Å²) in [6.07, 6.45) is 0. The van der Waals surface area contributed by atoms with E-state index in [2.05, 4.69) is 31.5 Å². The molecule has 4 nitrogen and oxygen atoms in total. The fraction of sp³-hybridized carbons (Fsp3) is 0.0769. The minimum atomic E-state index is -0.239. The van der Waals surface area contributed by atoms with Gasteiger partial charge in [0.2, 0.25) is 0 Å². The smallest absolute Gasteiger partial charge is 0.321 e. The van der Waals surface area contributed by atoms with Crippen molar-refractivity contribution in [2.24, 2.45) is 0 Å². The van der Waals surface area contributed by atoms with Gasteiger partial charge in [0.15, 0.2) is 5.13 Å². The van der Waals surface area contributed by atoms with Crippen molar-refractivity contribution in [3.05, 3.63) is 45.1 Å². The van der Waals surface area contributed by atoms with Gasteiger partial charge in [-0.05, 0) is 29.6 Å². The molecule has 0 atom stereocenters. The molecule has 0 saturated carbocycles. The van der Waals surface area contributed by atoms with Crippen molar-refractivity contribution in [2.75, 3.05) is 5.32 Å². The third-order valence-corrected chi connectivity index (χ3v) is 4.88. The summed E-state index contributed by atoms with van der Waals surface area (Å²) in [5.74, 6) is 0. The molecule has 0 spiro atoms. The van der Waals surface area contributed by atoms with Gasteiger partial charge in [0.1, 0.15) is 0 Å². The van der Waals surface area contributed by atoms with E-state index >= 15 is 0 Å². The predicted molar refractivity (Wildman–Crippen MR) is 87.5 cm³/mol. The van der Waals surface area contributed by atoms with Gasteiger partial charge >= 0.3 is 6.03 Å². The number of rotatable bonds is 3. The molecule has 1 aromatic carbocycles. The molecular weight excluding hydrogens is 358 g/mol. The maximum atomic E-state index is 11.8. The van der Waals surface area contributed by atoms with E-state index < -0.39 is 0 Å². The number of amides is 2. The zero-order valence-corrected chi connectivity index (χ0v) is 13.4. The van der Waals surface area contributed by atoms with Crippen molar-refractivity contribution in [2.45, 2.75) is 6.54 Å². The van der Waals surface area contributed by atoms with Crippen LogP contribution in [0.1, 0.15) is 4.88 Å². The van der Waals surface area contributed by atoms with E-state index in [1.165, 1.54) is 11.3 Å². The summed E-state index contributed by atoms with van der Waals surface area (Å²) in [6, 6.07) is 9.55. The minimum Gasteiger partial charge on any atom is -0.333 e. The standard InChI is InChI=1S/C13H10BrN3OS2/c14-8-3-4-10-11(6-8)20-13(16-10)17-12(18)15-7-9-2-1-5-19-9/h1-6H,7H2,(H2,15,16,17,18). The third-order valence-electron chi connectivity index (χ3n) is 2.57. The van der Waals surface area contributed by atoms with Gasteiger partial charge < -0.3 is 5.32 Å². The molecule has 102 valence electrons. The molecule has 2 N–H and O–H groups in total. The number of nitrogens with zero attached hydrogens (tertiary/aromatic N) is 1. The number of carbonyl (C=O) groups excluding carboxylic acids is 1. The van der Waals surface area contributed by atoms with Crippen molar-refractivity contribution >= 4 is 60.0 Å². The molecule has 2 heterocycles. The van der Waals surface area contributed by atoms with Crippen molar-refractivity contribution in [3.8, 4) is 0 Å². The van der Waals surface area contributed by atoms with Crippen molar-refractivity contribution in [1.29, 1.82) is 0 Å². The SMILES string of the molecule is O=C(NCc1cccs1)Nc1nc2ccc(Br)cc2s1. The molecule has 2 aromatic heterocycles. The van der Waals surface area contributed by atoms with Gasteiger partial charge in [0, 0.05) is 9.35 Å². The topological polar surface area (TPSA) is 54.0 Å². The van der Waals surface area contributed by atoms with Crippen LogP contribution in [-0.4, -0.2) is 11.0 Å². The summed E-state index contributed by atoms with van der Waals surface area (Å²) >= 11 is 6.49. The molecule has 0 radical (unpaired) electrons. The van der Waals surface area contributed by atoms with Crippen LogP contribution in [0.4, 0.5) is 9.93 Å². The lowest BCUT2D eigenvalue weighted by Crippen LogP contribution is -2.27. The van der Waals surface area contributed by atoms with E-state index in [1.807, 2.05) is 35.7 Å². The van der Waals surface area contributed by atoms with Crippen LogP contribution in [0, 0.1) is 0 Å². The van der Waals surface area contributed by atoms with Crippen molar-refractivity contribution < 1.29 is 4.79 Å². The third kappa shape index (κ3) is 3.17. The van der Waals surface area contributed by atoms with E-state index in [-0.39, 0.29) is 6.03 Å². The van der Waals surface area contributed by atoms with E-state index in [9.17, 15) is 4.79 Å². The molecule has 2 amide bonds. The number of benzene rings is 1. The Balaban J connectivity index is 1.65. The molecule has 20 heavy (non-hydrogen) atoms. The monoisotopic (exact) mass is 367 g/mol. The summed E-state index contributed by atoms with van der Waals surface area (Å²) in [7, 11) is 0. The molecule has 0 saturated heterocycles. The summed E-state index contributed by atoms with van der Waals surface area (Å²) in [4.78, 5) is 17.3. The van der Waals surface area contributed by atoms with Crippen LogP contribution in [0.2, 0.25) is 0 Å². The van der Waals surface area contributed by atoms with Gasteiger partial charge in [-0.15, -0.1) is 11.3 Å². The Kier molecular flexibility index (Phi) is 4.00. The van der Waals surface area contributed by atoms with Crippen LogP contribution < -0.4 is 10.6 Å². The summed E-state index contributed by atoms with van der Waals surface area (Å²) in [6.45, 7) is 0.528. The molecule has 0 aliphatic heterocycles. The average molecular weight is 368 g/mol. The summed E-state index contributed by atoms with van der Waals surface area (Å²) in [5.41, 5.74) is 0.881. The lowest BCUT2D eigenvalue weighted by atomic mass is 10.3. The quantitative estimate of drug-likeness (QED) is 0.718. The highest BCUT2D eigenvalue weighted by molar-refractivity contribution is 9.10. The van der Waals surface area contributed by atoms with Gasteiger partial charge in [-0.1, -0.05) is 33.3 Å². The number of hydrogen-bond donors (Lipinski definition) is 2. The van der Waals surface area contributed by atoms with Crippen LogP contribution in [0.25, 0.3) is 10.2 Å². The Labute approximate surface area is 132 Å². The summed E-state index contributed by atoms with van der Waals surface area (Å²) in [5, 5.41) is 8.15. The molecule has 0 aliphatic carbocycles. The van der Waals surface area contributed by atoms with Gasteiger partial charge in [-0.2, -0.15) is 0 Å². The highest BCUT2D eigenvalue weighted by atomic mass is 79.9. The highest BCUT2D eigenvalue weighted by Crippen LogP contribution is 2.28. The number of thiophene rings is 1. The van der Waals surface area contributed by atoms with Gasteiger partial charge in [0.05, 0.1) is 16.8 Å². The van der Waals surface area contributed by atoms with Gasteiger partial charge in [0.25, 0.3) is 0 Å². The number of carbonyl (C=O) groups is 1. The molecule has 3 rings (SSSR count). The molecule has 0 fully saturated rings. The van der Waals surface area contributed by atoms with E-state index in [1.54, 1.807) is 11.3 Å². The first-order chi connectivity index (χ1) is 9.70. The zero-order valence-electron chi connectivity index (χ0n) is 10.2. The van der Waals surface area contributed by atoms with Crippen LogP contribution >= 0.6 is 38.6 Å². The lowest BCUT2D eigenvalue weighted by Gasteiger charge is -2.03. The molecule has 3 aromatic rings. The first-order valence-electron chi connectivity index (χ1n) is 5.84. The Morgan fingerprint density at radius 3 is 3.05 bits per heavy atom. The second-order valence-corrected chi connectivity index (χ2v) is 7.00. The molecule has 0 unspecified atom stereocenters. The second-order valence-electron chi connectivity index (χ2n) is 4.02. The predicted octanol–water partition coefficient (Wildman–Crippen LogP) is 4.44. The van der Waals surface area contributed by atoms with E-state index in [4.69, 9.17) is 0 Å². The fourth-order valence-electron chi connectivity index (χ4n) is 1.67. The molecule has 7 heteroatoms. The number of hydrogen-bond acceptors (Lipinski definition) is 4. The number of anilines is 1. The number of aromatic nitrogens is 1. The van der Waals surface area contributed by atoms with Crippen LogP contribution in [-0.2, 0) is 6.54 Å². The maximum absolute atomic E-state index is 11.8. The Morgan fingerprint density at radius 1 is 1.35 bits per heavy atom. The second kappa shape index (κ2) is 5.90. The number of nitrogens with one attached hydrogen (secondary N) is 2. The van der Waals surface area contributed by atoms with Crippen LogP contribution in [0.15, 0.2) is 40.2 Å². The first-order valence-corrected chi connectivity index (χ1v) is 8.33. The normalized spacial score (nSPS) is 10.7. The Bertz CT molecular complexity index is 739. The molecular formula is C13H10BrN3OS2. The highest BCUT2D eigenvalue weighted by Gasteiger charge is 2.07. The molecule has 0 aliphatic rings. The molecule has 0 bridgehead atoms. The van der Waals surface area contributed by atoms with Crippen molar-refractivity contribution in [3.63, 3.8) is 0 Å². The first kappa shape index (κ1) is 13.5. The number of thiazole rings is 1. The zero-order chi connectivity index (χ0) is 13.9. The average Bonchev–Trinajstić information content (AvgIpc) is 3.04. The van der Waals surface area contributed by atoms with Gasteiger partial charge in [-0.3, -0.25) is 5.32 Å². The van der Waals surface area contributed by atoms with Crippen LogP contribution in [0.5, 0.6) is 0 Å².